The summed E-state index contributed by atoms with van der Waals surface area (Å²) >= 11 is 1.78. The summed E-state index contributed by atoms with van der Waals surface area (Å²) < 4.78 is 5.76. The lowest BCUT2D eigenvalue weighted by Gasteiger charge is -2.17. The van der Waals surface area contributed by atoms with Gasteiger partial charge in [-0.25, -0.2) is 0 Å². The largest absolute Gasteiger partial charge is 0.463 e. The molecule has 1 fully saturated rings. The van der Waals surface area contributed by atoms with E-state index in [2.05, 4.69) is 52.9 Å². The molecule has 1 saturated heterocycles. The summed E-state index contributed by atoms with van der Waals surface area (Å²) in [5, 5.41) is 3.42. The molecule has 3 nitrogen and oxygen atoms in total. The van der Waals surface area contributed by atoms with Gasteiger partial charge in [0.25, 0.3) is 0 Å². The summed E-state index contributed by atoms with van der Waals surface area (Å²) in [4.78, 5) is 2.45. The third-order valence-corrected chi connectivity index (χ3v) is 4.38. The van der Waals surface area contributed by atoms with E-state index < -0.39 is 0 Å². The van der Waals surface area contributed by atoms with Crippen molar-refractivity contribution in [2.24, 2.45) is 0 Å². The van der Waals surface area contributed by atoms with Crippen molar-refractivity contribution in [2.75, 3.05) is 29.6 Å². The van der Waals surface area contributed by atoms with E-state index in [1.54, 1.807) is 11.8 Å². The molecule has 1 aliphatic rings. The molecule has 0 amide bonds. The van der Waals surface area contributed by atoms with Crippen molar-refractivity contribution in [3.63, 3.8) is 0 Å². The van der Waals surface area contributed by atoms with Crippen molar-refractivity contribution >= 4 is 23.1 Å². The van der Waals surface area contributed by atoms with E-state index in [4.69, 9.17) is 4.42 Å². The van der Waals surface area contributed by atoms with Gasteiger partial charge in [-0.2, -0.15) is 11.8 Å². The Morgan fingerprint density at radius 2 is 1.76 bits per heavy atom. The maximum atomic E-state index is 5.76. The standard InChI is InChI=1S/C17H22N2OS/c1-21-13-17-9-8-16(20-17)12-18-14-4-6-15(7-5-14)19-10-2-3-11-19/h4-9,18H,2-3,10-13H2,1H3. The Bertz CT molecular complexity index is 558. The minimum absolute atomic E-state index is 0.734. The molecule has 0 unspecified atom stereocenters. The van der Waals surface area contributed by atoms with E-state index in [0.29, 0.717) is 0 Å². The van der Waals surface area contributed by atoms with E-state index in [9.17, 15) is 0 Å². The highest BCUT2D eigenvalue weighted by molar-refractivity contribution is 7.97. The molecule has 2 aromatic rings. The van der Waals surface area contributed by atoms with Crippen molar-refractivity contribution in [1.29, 1.82) is 0 Å². The first-order valence-electron chi connectivity index (χ1n) is 7.50. The summed E-state index contributed by atoms with van der Waals surface area (Å²) in [6.45, 7) is 3.12. The van der Waals surface area contributed by atoms with Gasteiger partial charge in [-0.1, -0.05) is 0 Å². The van der Waals surface area contributed by atoms with E-state index in [-0.39, 0.29) is 0 Å². The SMILES string of the molecule is CSCc1ccc(CNc2ccc(N3CCCC3)cc2)o1. The van der Waals surface area contributed by atoms with Gasteiger partial charge in [0, 0.05) is 24.5 Å². The lowest BCUT2D eigenvalue weighted by Crippen LogP contribution is -2.17. The fraction of sp³-hybridized carbons (Fsp3) is 0.412. The van der Waals surface area contributed by atoms with Gasteiger partial charge < -0.3 is 14.6 Å². The molecule has 0 radical (unpaired) electrons. The molecule has 1 aromatic heterocycles. The number of rotatable bonds is 6. The lowest BCUT2D eigenvalue weighted by atomic mass is 10.2. The van der Waals surface area contributed by atoms with Crippen LogP contribution in [0, 0.1) is 0 Å². The molecule has 1 aliphatic heterocycles. The smallest absolute Gasteiger partial charge is 0.123 e. The summed E-state index contributed by atoms with van der Waals surface area (Å²) in [7, 11) is 0. The van der Waals surface area contributed by atoms with Crippen LogP contribution in [0.15, 0.2) is 40.8 Å². The van der Waals surface area contributed by atoms with Gasteiger partial charge in [-0.3, -0.25) is 0 Å². The van der Waals surface area contributed by atoms with Crippen LogP contribution in [0.5, 0.6) is 0 Å². The van der Waals surface area contributed by atoms with Gasteiger partial charge in [0.15, 0.2) is 0 Å². The number of hydrogen-bond donors (Lipinski definition) is 1. The van der Waals surface area contributed by atoms with Crippen molar-refractivity contribution < 1.29 is 4.42 Å². The summed E-state index contributed by atoms with van der Waals surface area (Å²) in [5.74, 6) is 2.97. The quantitative estimate of drug-likeness (QED) is 0.858. The number of nitrogens with one attached hydrogen (secondary N) is 1. The predicted octanol–water partition coefficient (Wildman–Crippen LogP) is 4.35. The second-order valence-electron chi connectivity index (χ2n) is 5.40. The number of hydrogen-bond acceptors (Lipinski definition) is 4. The van der Waals surface area contributed by atoms with Crippen molar-refractivity contribution in [3.05, 3.63) is 47.9 Å². The Morgan fingerprint density at radius 1 is 1.05 bits per heavy atom. The van der Waals surface area contributed by atoms with Gasteiger partial charge >= 0.3 is 0 Å². The van der Waals surface area contributed by atoms with E-state index in [0.717, 1.165) is 29.5 Å². The normalized spacial score (nSPS) is 14.6. The number of benzene rings is 1. The Balaban J connectivity index is 1.54. The number of furan rings is 1. The molecule has 0 spiro atoms. The van der Waals surface area contributed by atoms with Crippen LogP contribution >= 0.6 is 11.8 Å². The van der Waals surface area contributed by atoms with Crippen molar-refractivity contribution in [2.45, 2.75) is 25.1 Å². The van der Waals surface area contributed by atoms with Gasteiger partial charge in [-0.05, 0) is 55.5 Å². The second-order valence-corrected chi connectivity index (χ2v) is 6.26. The minimum Gasteiger partial charge on any atom is -0.463 e. The monoisotopic (exact) mass is 302 g/mol. The van der Waals surface area contributed by atoms with Crippen LogP contribution in [-0.2, 0) is 12.3 Å². The molecule has 0 bridgehead atoms. The third-order valence-electron chi connectivity index (χ3n) is 3.81. The average molecular weight is 302 g/mol. The van der Waals surface area contributed by atoms with Crippen molar-refractivity contribution in [3.8, 4) is 0 Å². The molecular weight excluding hydrogens is 280 g/mol. The first-order valence-corrected chi connectivity index (χ1v) is 8.90. The summed E-state index contributed by atoms with van der Waals surface area (Å²) in [6, 6.07) is 12.8. The zero-order valence-corrected chi connectivity index (χ0v) is 13.3. The maximum Gasteiger partial charge on any atom is 0.123 e. The highest BCUT2D eigenvalue weighted by atomic mass is 32.2. The van der Waals surface area contributed by atoms with Gasteiger partial charge in [-0.15, -0.1) is 0 Å². The summed E-state index contributed by atoms with van der Waals surface area (Å²) in [5.41, 5.74) is 2.47. The Labute approximate surface area is 130 Å². The molecule has 0 saturated carbocycles. The van der Waals surface area contributed by atoms with Crippen LogP contribution in [-0.4, -0.2) is 19.3 Å². The van der Waals surface area contributed by atoms with Gasteiger partial charge in [0.1, 0.15) is 11.5 Å². The molecule has 21 heavy (non-hydrogen) atoms. The molecule has 0 atom stereocenters. The van der Waals surface area contributed by atoms with Crippen LogP contribution in [0.4, 0.5) is 11.4 Å². The van der Waals surface area contributed by atoms with Crippen LogP contribution in [0.2, 0.25) is 0 Å². The molecule has 4 heteroatoms. The van der Waals surface area contributed by atoms with E-state index in [1.165, 1.54) is 31.6 Å². The zero-order valence-electron chi connectivity index (χ0n) is 12.5. The first kappa shape index (κ1) is 14.4. The van der Waals surface area contributed by atoms with Crippen LogP contribution in [0.3, 0.4) is 0 Å². The number of nitrogens with zero attached hydrogens (tertiary/aromatic N) is 1. The fourth-order valence-corrected chi connectivity index (χ4v) is 3.13. The third kappa shape index (κ3) is 3.76. The van der Waals surface area contributed by atoms with Crippen LogP contribution in [0.25, 0.3) is 0 Å². The first-order chi connectivity index (χ1) is 10.3. The topological polar surface area (TPSA) is 28.4 Å². The Hall–Kier alpha value is -1.55. The number of anilines is 2. The highest BCUT2D eigenvalue weighted by Crippen LogP contribution is 2.22. The van der Waals surface area contributed by atoms with Crippen LogP contribution < -0.4 is 10.2 Å². The van der Waals surface area contributed by atoms with Gasteiger partial charge in [0.05, 0.1) is 12.3 Å². The fourth-order valence-electron chi connectivity index (χ4n) is 2.69. The molecule has 1 aromatic carbocycles. The second kappa shape index (κ2) is 6.94. The van der Waals surface area contributed by atoms with Crippen molar-refractivity contribution in [1.82, 2.24) is 0 Å². The average Bonchev–Trinajstić information content (AvgIpc) is 3.18. The molecule has 0 aliphatic carbocycles. The van der Waals surface area contributed by atoms with Crippen LogP contribution in [0.1, 0.15) is 24.4 Å². The maximum absolute atomic E-state index is 5.76. The molecule has 1 N–H and O–H groups in total. The zero-order chi connectivity index (χ0) is 14.5. The predicted molar refractivity (Wildman–Crippen MR) is 91.1 cm³/mol. The number of thioether (sulfide) groups is 1. The minimum atomic E-state index is 0.734. The van der Waals surface area contributed by atoms with E-state index >= 15 is 0 Å². The molecular formula is C17H22N2OS. The molecule has 112 valence electrons. The lowest BCUT2D eigenvalue weighted by molar-refractivity contribution is 0.487. The summed E-state index contributed by atoms with van der Waals surface area (Å²) in [6.07, 6.45) is 4.72. The molecule has 3 rings (SSSR count). The Morgan fingerprint density at radius 3 is 2.48 bits per heavy atom. The van der Waals surface area contributed by atoms with Gasteiger partial charge in [0.2, 0.25) is 0 Å². The Kier molecular flexibility index (Phi) is 4.76. The molecule has 2 heterocycles. The van der Waals surface area contributed by atoms with E-state index in [1.807, 2.05) is 0 Å². The highest BCUT2D eigenvalue weighted by Gasteiger charge is 2.11.